The Bertz CT molecular complexity index is 1240. The van der Waals surface area contributed by atoms with Crippen LogP contribution in [0.15, 0.2) is 77.7 Å². The Morgan fingerprint density at radius 2 is 1.71 bits per heavy atom. The summed E-state index contributed by atoms with van der Waals surface area (Å²) in [7, 11) is -3.72. The first-order valence-corrected chi connectivity index (χ1v) is 11.3. The van der Waals surface area contributed by atoms with E-state index in [1.165, 1.54) is 28.6 Å². The van der Waals surface area contributed by atoms with Crippen LogP contribution in [0.3, 0.4) is 0 Å². The summed E-state index contributed by atoms with van der Waals surface area (Å²) in [5, 5.41) is 8.83. The Hall–Kier alpha value is -3.63. The van der Waals surface area contributed by atoms with Crippen LogP contribution in [0.2, 0.25) is 0 Å². The molecule has 0 aliphatic carbocycles. The second kappa shape index (κ2) is 8.62. The lowest BCUT2D eigenvalue weighted by atomic mass is 10.0. The molecule has 3 aromatic rings. The summed E-state index contributed by atoms with van der Waals surface area (Å²) in [6.45, 7) is 0.489. The SMILES string of the molecule is N#Cc1ccc(COC(=O)c2ccc(S(=O)(=O)N3CCCc4ccccc43)cc2)cc1. The summed E-state index contributed by atoms with van der Waals surface area (Å²) in [6.07, 6.45) is 1.61. The molecule has 0 fully saturated rings. The largest absolute Gasteiger partial charge is 0.457 e. The first-order chi connectivity index (χ1) is 15.0. The van der Waals surface area contributed by atoms with E-state index in [0.717, 1.165) is 24.0 Å². The van der Waals surface area contributed by atoms with E-state index in [9.17, 15) is 13.2 Å². The zero-order valence-corrected chi connectivity index (χ0v) is 17.5. The highest BCUT2D eigenvalue weighted by Gasteiger charge is 2.29. The first kappa shape index (κ1) is 20.6. The number of hydrogen-bond donors (Lipinski definition) is 0. The molecule has 1 heterocycles. The molecule has 0 radical (unpaired) electrons. The van der Waals surface area contributed by atoms with Crippen molar-refractivity contribution < 1.29 is 17.9 Å². The van der Waals surface area contributed by atoms with Crippen LogP contribution < -0.4 is 4.31 Å². The lowest BCUT2D eigenvalue weighted by Gasteiger charge is -2.30. The number of rotatable bonds is 5. The van der Waals surface area contributed by atoms with Crippen molar-refractivity contribution in [2.75, 3.05) is 10.8 Å². The van der Waals surface area contributed by atoms with Gasteiger partial charge in [0.1, 0.15) is 6.61 Å². The van der Waals surface area contributed by atoms with Crippen LogP contribution in [-0.4, -0.2) is 20.9 Å². The summed E-state index contributed by atoms with van der Waals surface area (Å²) >= 11 is 0. The molecular weight excluding hydrogens is 412 g/mol. The van der Waals surface area contributed by atoms with Gasteiger partial charge in [0, 0.05) is 6.54 Å². The van der Waals surface area contributed by atoms with Crippen molar-refractivity contribution in [2.45, 2.75) is 24.3 Å². The number of esters is 1. The van der Waals surface area contributed by atoms with Crippen molar-refractivity contribution >= 4 is 21.7 Å². The molecule has 0 bridgehead atoms. The molecule has 1 aliphatic rings. The van der Waals surface area contributed by atoms with Crippen molar-refractivity contribution in [1.29, 1.82) is 5.26 Å². The average molecular weight is 433 g/mol. The zero-order valence-electron chi connectivity index (χ0n) is 16.7. The molecule has 3 aromatic carbocycles. The van der Waals surface area contributed by atoms with Crippen LogP contribution in [0.25, 0.3) is 0 Å². The fraction of sp³-hybridized carbons (Fsp3) is 0.167. The number of nitrogens with zero attached hydrogens (tertiary/aromatic N) is 2. The van der Waals surface area contributed by atoms with Crippen molar-refractivity contribution in [2.24, 2.45) is 0 Å². The highest BCUT2D eigenvalue weighted by molar-refractivity contribution is 7.92. The third-order valence-electron chi connectivity index (χ3n) is 5.20. The van der Waals surface area contributed by atoms with Crippen LogP contribution in [0.1, 0.15) is 33.5 Å². The predicted octanol–water partition coefficient (Wildman–Crippen LogP) is 4.06. The normalized spacial score (nSPS) is 13.2. The third-order valence-corrected chi connectivity index (χ3v) is 7.03. The van der Waals surface area contributed by atoms with Gasteiger partial charge in [0.05, 0.1) is 27.8 Å². The first-order valence-electron chi connectivity index (χ1n) is 9.86. The van der Waals surface area contributed by atoms with Gasteiger partial charge < -0.3 is 4.74 Å². The molecule has 7 heteroatoms. The number of benzene rings is 3. The number of sulfonamides is 1. The van der Waals surface area contributed by atoms with Crippen LogP contribution in [0.4, 0.5) is 5.69 Å². The van der Waals surface area contributed by atoms with Crippen LogP contribution in [0, 0.1) is 11.3 Å². The molecule has 0 spiro atoms. The van der Waals surface area contributed by atoms with E-state index in [-0.39, 0.29) is 17.1 Å². The molecule has 0 saturated carbocycles. The van der Waals surface area contributed by atoms with Gasteiger partial charge in [-0.2, -0.15) is 5.26 Å². The number of para-hydroxylation sites is 1. The number of anilines is 1. The van der Waals surface area contributed by atoms with E-state index < -0.39 is 16.0 Å². The van der Waals surface area contributed by atoms with Crippen molar-refractivity contribution in [3.8, 4) is 6.07 Å². The standard InChI is InChI=1S/C24H20N2O4S/c25-16-18-7-9-19(10-8-18)17-30-24(27)21-11-13-22(14-12-21)31(28,29)26-15-3-5-20-4-1-2-6-23(20)26/h1-2,4,6-14H,3,5,15,17H2. The molecule has 0 atom stereocenters. The Balaban J connectivity index is 1.47. The number of aryl methyl sites for hydroxylation is 1. The molecular formula is C24H20N2O4S. The molecule has 0 unspecified atom stereocenters. The summed E-state index contributed by atoms with van der Waals surface area (Å²) in [5.41, 5.74) is 3.28. The summed E-state index contributed by atoms with van der Waals surface area (Å²) in [4.78, 5) is 12.5. The van der Waals surface area contributed by atoms with Gasteiger partial charge in [0.2, 0.25) is 0 Å². The average Bonchev–Trinajstić information content (AvgIpc) is 2.82. The maximum atomic E-state index is 13.2. The number of hydrogen-bond acceptors (Lipinski definition) is 5. The number of fused-ring (bicyclic) bond motifs is 1. The summed E-state index contributed by atoms with van der Waals surface area (Å²) in [6, 6.07) is 22.1. The molecule has 0 amide bonds. The number of carbonyl (C=O) groups is 1. The lowest BCUT2D eigenvalue weighted by Crippen LogP contribution is -2.35. The van der Waals surface area contributed by atoms with E-state index >= 15 is 0 Å². The van der Waals surface area contributed by atoms with Gasteiger partial charge in [-0.05, 0) is 66.4 Å². The Morgan fingerprint density at radius 1 is 1.00 bits per heavy atom. The predicted molar refractivity (Wildman–Crippen MR) is 116 cm³/mol. The minimum Gasteiger partial charge on any atom is -0.457 e. The summed E-state index contributed by atoms with van der Waals surface area (Å²) in [5.74, 6) is -0.545. The lowest BCUT2D eigenvalue weighted by molar-refractivity contribution is 0.0472. The second-order valence-corrected chi connectivity index (χ2v) is 9.08. The highest BCUT2D eigenvalue weighted by atomic mass is 32.2. The van der Waals surface area contributed by atoms with E-state index in [0.29, 0.717) is 17.8 Å². The van der Waals surface area contributed by atoms with E-state index in [1.807, 2.05) is 30.3 Å². The minimum atomic E-state index is -3.72. The fourth-order valence-electron chi connectivity index (χ4n) is 3.55. The summed E-state index contributed by atoms with van der Waals surface area (Å²) < 4.78 is 33.1. The van der Waals surface area contributed by atoms with Gasteiger partial charge in [-0.15, -0.1) is 0 Å². The highest BCUT2D eigenvalue weighted by Crippen LogP contribution is 2.31. The van der Waals surface area contributed by atoms with Gasteiger partial charge in [0.15, 0.2) is 0 Å². The maximum Gasteiger partial charge on any atom is 0.338 e. The Kier molecular flexibility index (Phi) is 5.74. The Labute approximate surface area is 181 Å². The molecule has 0 N–H and O–H groups in total. The van der Waals surface area contributed by atoms with E-state index in [1.54, 1.807) is 24.3 Å². The van der Waals surface area contributed by atoms with E-state index in [2.05, 4.69) is 0 Å². The molecule has 0 saturated heterocycles. The van der Waals surface area contributed by atoms with Gasteiger partial charge >= 0.3 is 5.97 Å². The molecule has 6 nitrogen and oxygen atoms in total. The van der Waals surface area contributed by atoms with Crippen LogP contribution in [0.5, 0.6) is 0 Å². The maximum absolute atomic E-state index is 13.2. The number of nitriles is 1. The van der Waals surface area contributed by atoms with Gasteiger partial charge in [-0.25, -0.2) is 13.2 Å². The monoisotopic (exact) mass is 432 g/mol. The number of ether oxygens (including phenoxy) is 1. The van der Waals surface area contributed by atoms with Gasteiger partial charge in [-0.3, -0.25) is 4.31 Å². The minimum absolute atomic E-state index is 0.0646. The van der Waals surface area contributed by atoms with Gasteiger partial charge in [0.25, 0.3) is 10.0 Å². The fourth-order valence-corrected chi connectivity index (χ4v) is 5.09. The molecule has 0 aromatic heterocycles. The molecule has 156 valence electrons. The molecule has 4 rings (SSSR count). The topological polar surface area (TPSA) is 87.5 Å². The van der Waals surface area contributed by atoms with E-state index in [4.69, 9.17) is 10.00 Å². The van der Waals surface area contributed by atoms with Crippen LogP contribution >= 0.6 is 0 Å². The second-order valence-electron chi connectivity index (χ2n) is 7.22. The smallest absolute Gasteiger partial charge is 0.338 e. The quantitative estimate of drug-likeness (QED) is 0.568. The molecule has 1 aliphatic heterocycles. The van der Waals surface area contributed by atoms with Crippen LogP contribution in [-0.2, 0) is 27.8 Å². The Morgan fingerprint density at radius 3 is 2.42 bits per heavy atom. The van der Waals surface area contributed by atoms with Gasteiger partial charge in [-0.1, -0.05) is 30.3 Å². The van der Waals surface area contributed by atoms with Crippen molar-refractivity contribution in [1.82, 2.24) is 0 Å². The van der Waals surface area contributed by atoms with Crippen molar-refractivity contribution in [3.63, 3.8) is 0 Å². The molecule has 31 heavy (non-hydrogen) atoms. The number of carbonyl (C=O) groups excluding carboxylic acids is 1. The third kappa shape index (κ3) is 4.30. The van der Waals surface area contributed by atoms with Crippen molar-refractivity contribution in [3.05, 3.63) is 95.1 Å². The zero-order chi connectivity index (χ0) is 21.8.